The van der Waals surface area contributed by atoms with Gasteiger partial charge in [0.05, 0.1) is 41.0 Å². The van der Waals surface area contributed by atoms with Crippen LogP contribution in [0.4, 0.5) is 18.3 Å². The zero-order valence-electron chi connectivity index (χ0n) is 16.2. The maximum Gasteiger partial charge on any atom is 0.416 e. The Bertz CT molecular complexity index is 1100. The Hall–Kier alpha value is -3.21. The number of hydrogen-bond acceptors (Lipinski definition) is 6. The van der Waals surface area contributed by atoms with Crippen molar-refractivity contribution in [2.75, 3.05) is 11.9 Å². The molecule has 0 bridgehead atoms. The fourth-order valence-electron chi connectivity index (χ4n) is 2.71. The molecule has 30 heavy (non-hydrogen) atoms. The fraction of sp³-hybridized carbons (Fsp3) is 0.263. The topological polar surface area (TPSA) is 86.1 Å². The van der Waals surface area contributed by atoms with Crippen LogP contribution < -0.4 is 5.32 Å². The number of carbonyl (C=O) groups excluding carboxylic acids is 2. The van der Waals surface area contributed by atoms with Crippen LogP contribution in [0.15, 0.2) is 30.5 Å². The Morgan fingerprint density at radius 1 is 1.27 bits per heavy atom. The Balaban J connectivity index is 1.84. The van der Waals surface area contributed by atoms with Gasteiger partial charge in [0, 0.05) is 0 Å². The van der Waals surface area contributed by atoms with Crippen molar-refractivity contribution in [1.29, 1.82) is 0 Å². The molecular formula is C19H17F3N4O3S. The van der Waals surface area contributed by atoms with E-state index in [1.807, 2.05) is 0 Å². The second kappa shape index (κ2) is 8.27. The smallest absolute Gasteiger partial charge is 0.416 e. The summed E-state index contributed by atoms with van der Waals surface area (Å²) < 4.78 is 45.1. The van der Waals surface area contributed by atoms with E-state index in [4.69, 9.17) is 4.74 Å². The van der Waals surface area contributed by atoms with Gasteiger partial charge in [0.1, 0.15) is 4.88 Å². The summed E-state index contributed by atoms with van der Waals surface area (Å²) in [5.74, 6) is -1.07. The molecule has 1 amide bonds. The van der Waals surface area contributed by atoms with Crippen LogP contribution in [-0.4, -0.2) is 33.2 Å². The molecular weight excluding hydrogens is 421 g/mol. The lowest BCUT2D eigenvalue weighted by molar-refractivity contribution is -0.137. The molecule has 0 aliphatic heterocycles. The average molecular weight is 438 g/mol. The lowest BCUT2D eigenvalue weighted by Crippen LogP contribution is -2.13. The summed E-state index contributed by atoms with van der Waals surface area (Å²) in [4.78, 5) is 28.9. The van der Waals surface area contributed by atoms with Gasteiger partial charge >= 0.3 is 12.1 Å². The molecule has 3 aromatic rings. The normalized spacial score (nSPS) is 11.4. The highest BCUT2D eigenvalue weighted by molar-refractivity contribution is 7.17. The number of alkyl halides is 3. The average Bonchev–Trinajstić information content (AvgIpc) is 3.24. The van der Waals surface area contributed by atoms with Crippen molar-refractivity contribution in [3.8, 4) is 5.69 Å². The van der Waals surface area contributed by atoms with Gasteiger partial charge in [0.15, 0.2) is 5.13 Å². The summed E-state index contributed by atoms with van der Waals surface area (Å²) in [7, 11) is 0. The van der Waals surface area contributed by atoms with Gasteiger partial charge in [-0.25, -0.2) is 14.5 Å². The first kappa shape index (κ1) is 21.5. The molecule has 2 heterocycles. The molecule has 0 aliphatic rings. The second-order valence-electron chi connectivity index (χ2n) is 6.21. The Morgan fingerprint density at radius 3 is 2.67 bits per heavy atom. The number of anilines is 1. The van der Waals surface area contributed by atoms with E-state index in [1.54, 1.807) is 20.8 Å². The SMILES string of the molecule is CCOC(=O)c1sc(NC(=O)c2cnn(-c3cccc(C(F)(F)F)c3)c2C)nc1C. The summed E-state index contributed by atoms with van der Waals surface area (Å²) in [6.45, 7) is 5.09. The summed E-state index contributed by atoms with van der Waals surface area (Å²) in [6.07, 6.45) is -3.23. The van der Waals surface area contributed by atoms with E-state index < -0.39 is 23.6 Å². The largest absolute Gasteiger partial charge is 0.462 e. The van der Waals surface area contributed by atoms with Gasteiger partial charge in [-0.2, -0.15) is 18.3 Å². The van der Waals surface area contributed by atoms with Crippen LogP contribution in [0.1, 0.15) is 43.9 Å². The number of rotatable bonds is 5. The lowest BCUT2D eigenvalue weighted by Gasteiger charge is -2.10. The molecule has 0 unspecified atom stereocenters. The number of halogens is 3. The molecule has 0 saturated heterocycles. The van der Waals surface area contributed by atoms with E-state index in [9.17, 15) is 22.8 Å². The van der Waals surface area contributed by atoms with Gasteiger partial charge < -0.3 is 4.74 Å². The maximum absolute atomic E-state index is 13.0. The third-order valence-electron chi connectivity index (χ3n) is 4.15. The minimum atomic E-state index is -4.49. The molecule has 0 atom stereocenters. The molecule has 11 heteroatoms. The first-order valence-electron chi connectivity index (χ1n) is 8.80. The molecule has 1 N–H and O–H groups in total. The predicted octanol–water partition coefficient (Wildman–Crippen LogP) is 4.39. The fourth-order valence-corrected chi connectivity index (χ4v) is 3.56. The van der Waals surface area contributed by atoms with E-state index in [0.29, 0.717) is 11.4 Å². The Morgan fingerprint density at radius 2 is 2.00 bits per heavy atom. The van der Waals surface area contributed by atoms with Crippen LogP contribution in [-0.2, 0) is 10.9 Å². The van der Waals surface area contributed by atoms with E-state index >= 15 is 0 Å². The van der Waals surface area contributed by atoms with Crippen molar-refractivity contribution in [3.05, 3.63) is 57.9 Å². The zero-order valence-corrected chi connectivity index (χ0v) is 17.0. The van der Waals surface area contributed by atoms with Crippen LogP contribution >= 0.6 is 11.3 Å². The number of thiazole rings is 1. The summed E-state index contributed by atoms with van der Waals surface area (Å²) in [6, 6.07) is 4.65. The molecule has 0 fully saturated rings. The van der Waals surface area contributed by atoms with Crippen molar-refractivity contribution < 1.29 is 27.5 Å². The summed E-state index contributed by atoms with van der Waals surface area (Å²) in [5, 5.41) is 6.83. The van der Waals surface area contributed by atoms with E-state index in [-0.39, 0.29) is 27.9 Å². The highest BCUT2D eigenvalue weighted by Gasteiger charge is 2.31. The van der Waals surface area contributed by atoms with Crippen LogP contribution in [0.3, 0.4) is 0 Å². The Kier molecular flexibility index (Phi) is 5.92. The number of aryl methyl sites for hydroxylation is 1. The van der Waals surface area contributed by atoms with Crippen molar-refractivity contribution >= 4 is 28.3 Å². The number of ether oxygens (including phenoxy) is 1. The van der Waals surface area contributed by atoms with Crippen molar-refractivity contribution in [3.63, 3.8) is 0 Å². The van der Waals surface area contributed by atoms with Crippen LogP contribution in [0.25, 0.3) is 5.69 Å². The van der Waals surface area contributed by atoms with Crippen LogP contribution in [0, 0.1) is 13.8 Å². The molecule has 7 nitrogen and oxygen atoms in total. The van der Waals surface area contributed by atoms with Gasteiger partial charge in [-0.15, -0.1) is 0 Å². The zero-order chi connectivity index (χ0) is 22.1. The highest BCUT2D eigenvalue weighted by atomic mass is 32.1. The minimum Gasteiger partial charge on any atom is -0.462 e. The quantitative estimate of drug-likeness (QED) is 0.597. The lowest BCUT2D eigenvalue weighted by atomic mass is 10.2. The van der Waals surface area contributed by atoms with Crippen molar-refractivity contribution in [2.45, 2.75) is 26.9 Å². The van der Waals surface area contributed by atoms with E-state index in [1.165, 1.54) is 23.0 Å². The van der Waals surface area contributed by atoms with Gasteiger partial charge in [-0.3, -0.25) is 10.1 Å². The van der Waals surface area contributed by atoms with Gasteiger partial charge in [0.25, 0.3) is 5.91 Å². The third kappa shape index (κ3) is 4.35. The van der Waals surface area contributed by atoms with E-state index in [2.05, 4.69) is 15.4 Å². The number of hydrogen-bond donors (Lipinski definition) is 1. The molecule has 158 valence electrons. The monoisotopic (exact) mass is 438 g/mol. The summed E-state index contributed by atoms with van der Waals surface area (Å²) >= 11 is 0.974. The van der Waals surface area contributed by atoms with Crippen LogP contribution in [0.2, 0.25) is 0 Å². The predicted molar refractivity (Wildman–Crippen MR) is 104 cm³/mol. The van der Waals surface area contributed by atoms with Gasteiger partial charge in [0.2, 0.25) is 0 Å². The maximum atomic E-state index is 13.0. The number of benzene rings is 1. The number of amides is 1. The molecule has 0 radical (unpaired) electrons. The molecule has 0 aliphatic carbocycles. The number of esters is 1. The molecule has 3 rings (SSSR count). The minimum absolute atomic E-state index is 0.165. The highest BCUT2D eigenvalue weighted by Crippen LogP contribution is 2.31. The third-order valence-corrected chi connectivity index (χ3v) is 5.20. The second-order valence-corrected chi connectivity index (χ2v) is 7.21. The van der Waals surface area contributed by atoms with Gasteiger partial charge in [-0.1, -0.05) is 17.4 Å². The first-order chi connectivity index (χ1) is 14.1. The molecule has 2 aromatic heterocycles. The number of aromatic nitrogens is 3. The first-order valence-corrected chi connectivity index (χ1v) is 9.61. The van der Waals surface area contributed by atoms with Crippen molar-refractivity contribution in [1.82, 2.24) is 14.8 Å². The van der Waals surface area contributed by atoms with Crippen molar-refractivity contribution in [2.24, 2.45) is 0 Å². The number of nitrogens with zero attached hydrogens (tertiary/aromatic N) is 3. The van der Waals surface area contributed by atoms with E-state index in [0.717, 1.165) is 23.5 Å². The van der Waals surface area contributed by atoms with Gasteiger partial charge in [-0.05, 0) is 39.0 Å². The summed E-state index contributed by atoms with van der Waals surface area (Å²) in [5.41, 5.74) is 0.301. The Labute approximate surface area is 173 Å². The number of nitrogens with one attached hydrogen (secondary N) is 1. The molecule has 0 spiro atoms. The number of carbonyl (C=O) groups is 2. The molecule has 0 saturated carbocycles. The van der Waals surface area contributed by atoms with Crippen LogP contribution in [0.5, 0.6) is 0 Å². The standard InChI is InChI=1S/C19H17F3N4O3S/c1-4-29-17(28)15-10(2)24-18(30-15)25-16(27)14-9-23-26(11(14)3)13-7-5-6-12(8-13)19(20,21)22/h5-9H,4H2,1-3H3,(H,24,25,27). The molecule has 1 aromatic carbocycles.